The summed E-state index contributed by atoms with van der Waals surface area (Å²) in [5, 5.41) is 54.9. The minimum Gasteiger partial charge on any atom is -0.857 e. The monoisotopic (exact) mass is 1630 g/mol. The van der Waals surface area contributed by atoms with Crippen LogP contribution in [0.5, 0.6) is 34.5 Å². The van der Waals surface area contributed by atoms with Crippen LogP contribution in [0.3, 0.4) is 0 Å². The summed E-state index contributed by atoms with van der Waals surface area (Å²) in [4.78, 5) is 81.8. The number of nitrogens with one attached hydrogen (secondary N) is 7. The van der Waals surface area contributed by atoms with Crippen LogP contribution in [-0.4, -0.2) is 178 Å². The number of fused-ring (bicyclic) bond motifs is 5. The summed E-state index contributed by atoms with van der Waals surface area (Å²) in [7, 11) is 10.4. The number of aliphatic hydroxyl groups excluding tert-OH is 3. The Morgan fingerprint density at radius 1 is 0.473 bits per heavy atom. The van der Waals surface area contributed by atoms with Gasteiger partial charge < -0.3 is 86.1 Å². The van der Waals surface area contributed by atoms with Crippen molar-refractivity contribution in [1.82, 2.24) is 74.8 Å². The molecule has 12 rings (SSSR count). The van der Waals surface area contributed by atoms with E-state index >= 15 is 0 Å². The van der Waals surface area contributed by atoms with Crippen LogP contribution in [0, 0.1) is 0 Å². The summed E-state index contributed by atoms with van der Waals surface area (Å²) in [5.41, 5.74) is 12.1. The smallest absolute Gasteiger partial charge is 0.857 e. The Morgan fingerprint density at radius 3 is 1.33 bits per heavy atom. The van der Waals surface area contributed by atoms with E-state index in [1.807, 2.05) is 42.5 Å². The van der Waals surface area contributed by atoms with Gasteiger partial charge in [-0.15, -0.1) is 0 Å². The second-order valence-electron chi connectivity index (χ2n) is 23.9. The number of unbranched alkanes of at least 4 members (excludes halogenated alkanes) is 3. The quantitative estimate of drug-likeness (QED) is 0.0115. The Balaban J connectivity index is 0.000000226. The van der Waals surface area contributed by atoms with E-state index in [-0.39, 0.29) is 89.4 Å². The fourth-order valence-corrected chi connectivity index (χ4v) is 11.3. The Morgan fingerprint density at radius 2 is 0.893 bits per heavy atom. The summed E-state index contributed by atoms with van der Waals surface area (Å²) in [5.74, 6) is 6.74. The number of rotatable bonds is 30. The zero-order valence-corrected chi connectivity index (χ0v) is 68.9. The molecule has 0 radical (unpaired) electrons. The molecule has 10 heterocycles. The predicted octanol–water partition coefficient (Wildman–Crippen LogP) is 8.05. The normalized spacial score (nSPS) is 11.4. The molecule has 0 fully saturated rings. The Bertz CT molecular complexity index is 5090. The number of methoxy groups -OCH3 is 6. The Hall–Kier alpha value is -9.91. The van der Waals surface area contributed by atoms with E-state index in [2.05, 4.69) is 122 Å². The molecule has 0 unspecified atom stereocenters. The minimum absolute atomic E-state index is 0. The van der Waals surface area contributed by atoms with Crippen LogP contribution in [0.4, 0.5) is 35.3 Å². The molecule has 12 N–H and O–H groups in total. The number of aliphatic hydroxyl groups is 3. The first-order valence-electron chi connectivity index (χ1n) is 35.0. The average molecular weight is 1630 g/mol. The Kier molecular flexibility index (Phi) is 38.5. The van der Waals surface area contributed by atoms with Crippen molar-refractivity contribution in [3.05, 3.63) is 156 Å². The maximum Gasteiger partial charge on any atom is 1.00 e. The number of nitrogens with zero attached hydrogens (tertiary/aromatic N) is 13. The molecule has 3 atom stereocenters. The average Bonchev–Trinajstić information content (AvgIpc) is 0.806. The molecular weight excluding hydrogens is 1540 g/mol. The second kappa shape index (κ2) is 47.5. The molecule has 0 saturated heterocycles. The van der Waals surface area contributed by atoms with Gasteiger partial charge in [0, 0.05) is 67.1 Å². The van der Waals surface area contributed by atoms with Crippen LogP contribution in [0.1, 0.15) is 89.7 Å². The number of H-pyrrole nitrogens is 2. The van der Waals surface area contributed by atoms with E-state index in [1.54, 1.807) is 91.6 Å². The van der Waals surface area contributed by atoms with Crippen LogP contribution in [0.15, 0.2) is 113 Å². The summed E-state index contributed by atoms with van der Waals surface area (Å²) >= 11 is 23.2. The van der Waals surface area contributed by atoms with E-state index in [1.165, 1.54) is 12.4 Å². The fourth-order valence-electron chi connectivity index (χ4n) is 10.5. The van der Waals surface area contributed by atoms with Gasteiger partial charge in [0.1, 0.15) is 67.6 Å². The van der Waals surface area contributed by atoms with Gasteiger partial charge in [0.2, 0.25) is 23.1 Å². The number of nitrogen functional groups attached to an aromatic ring is 1. The Labute approximate surface area is 687 Å². The standard InChI is InChI=1S/C23H31N5O4.C22H28ClN5O3.C14H21N5O2.C7H2Cl3N3.C7H5N3O2.CH3O.Na/c1-5-6-7-16(14-29)26-22-21-19(10-18(31-3)13-24-21)27-23(28-22)25-12-15-8-9-17(30-2)11-20(15)32-4;1-4-5-6-16(13-29)26-21-20-18(9-15(23)12-24-20)27-22(28-21)25-11-14-7-8-17(30-2)10-19(14)31-3;1-3-4-5-9(8-20)17-13-12-11(18-14(15)19-13)6-10(21-2)7-16-12;8-3-1-4-5(11-2-3)6(9)13-7(10)12-4;11-6-5-4(2-1-3-8-5)9-7(12)10-6;1-2;/h8-11,13,16,29H,5-7,12,14H2,1-4H3,(H2,25,26,27,28);7-10,12,16,29H,4-6,11,13H2,1-3H3,(H2,25,26,27,28);6-7,9,20H,3-5,8H2,1-2H3,(H3,15,17,18,19);1-2H;1-3H,(H2,9,10,11,12);1H3;/q;;;;;-1;+1/t2*16-;9-;;;;/m111..../s1. The number of hydrogen-bond acceptors (Lipinski definition) is 31. The van der Waals surface area contributed by atoms with Crippen molar-refractivity contribution in [2.45, 2.75) is 110 Å². The third kappa shape index (κ3) is 26.9. The molecule has 2 aromatic carbocycles. The van der Waals surface area contributed by atoms with Crippen molar-refractivity contribution in [2.24, 2.45) is 0 Å². The van der Waals surface area contributed by atoms with Crippen molar-refractivity contribution in [1.29, 1.82) is 0 Å². The van der Waals surface area contributed by atoms with Crippen LogP contribution >= 0.6 is 46.4 Å². The number of benzene rings is 2. The number of hydrogen-bond donors (Lipinski definition) is 11. The number of aromatic nitrogens is 15. The number of halogens is 4. The van der Waals surface area contributed by atoms with E-state index in [4.69, 9.17) is 85.7 Å². The topological polar surface area (TPSA) is 459 Å². The van der Waals surface area contributed by atoms with Gasteiger partial charge >= 0.3 is 35.2 Å². The molecule has 33 nitrogen and oxygen atoms in total. The summed E-state index contributed by atoms with van der Waals surface area (Å²) in [6.07, 6.45) is 16.5. The third-order valence-electron chi connectivity index (χ3n) is 16.2. The van der Waals surface area contributed by atoms with Crippen molar-refractivity contribution >= 4 is 137 Å². The minimum atomic E-state index is -0.513. The van der Waals surface area contributed by atoms with Gasteiger partial charge in [-0.25, -0.2) is 54.6 Å². The van der Waals surface area contributed by atoms with E-state index in [9.17, 15) is 24.9 Å². The molecule has 12 aromatic rings. The maximum atomic E-state index is 11.1. The first kappa shape index (κ1) is 91.0. The third-order valence-corrected chi connectivity index (χ3v) is 17.1. The van der Waals surface area contributed by atoms with Crippen LogP contribution < -0.4 is 107 Å². The molecule has 0 saturated carbocycles. The molecule has 0 aliphatic heterocycles. The van der Waals surface area contributed by atoms with E-state index < -0.39 is 11.2 Å². The SMILES string of the molecule is CCCC[C@H](CO)Nc1nc(N)nc2cc(OC)cnc12.CCCC[C@H](CO)Nc1nc(NCc2ccc(OC)cc2OC)nc2cc(Cl)cnc12.CCCC[C@H](CO)Nc1nc(NCc2ccc(OC)cc2OC)nc2cc(OC)cnc12.C[O-].Clc1cnc2c(Cl)nc(Cl)nc2c1.O=c1[nH]c(=O)c2ncccc2[nH]1.[Na+]. The van der Waals surface area contributed by atoms with Crippen LogP contribution in [-0.2, 0) is 13.1 Å². The van der Waals surface area contributed by atoms with Gasteiger partial charge in [0.25, 0.3) is 5.56 Å². The predicted molar refractivity (Wildman–Crippen MR) is 432 cm³/mol. The zero-order chi connectivity index (χ0) is 80.4. The number of pyridine rings is 5. The number of ether oxygens (including phenoxy) is 6. The molecule has 38 heteroatoms. The van der Waals surface area contributed by atoms with Crippen LogP contribution in [0.25, 0.3) is 55.2 Å². The second-order valence-corrected chi connectivity index (χ2v) is 25.5. The van der Waals surface area contributed by atoms with Crippen molar-refractivity contribution < 1.29 is 78.4 Å². The number of aromatic amines is 2. The van der Waals surface area contributed by atoms with E-state index in [0.717, 1.165) is 87.5 Å². The number of anilines is 6. The zero-order valence-electron chi connectivity index (χ0n) is 63.9. The van der Waals surface area contributed by atoms with Gasteiger partial charge in [-0.2, -0.15) is 22.1 Å². The molecule has 0 amide bonds. The van der Waals surface area contributed by atoms with Gasteiger partial charge in [-0.1, -0.05) is 94.1 Å². The first-order valence-corrected chi connectivity index (χ1v) is 36.5. The molecule has 0 aliphatic rings. The summed E-state index contributed by atoms with van der Waals surface area (Å²) in [6.45, 7) is 7.30. The summed E-state index contributed by atoms with van der Waals surface area (Å²) < 4.78 is 31.9. The molecule has 592 valence electrons. The molecule has 0 spiro atoms. The molecular formula is C74H90Cl4N21NaO12. The molecule has 0 bridgehead atoms. The van der Waals surface area contributed by atoms with Crippen molar-refractivity contribution in [3.63, 3.8) is 0 Å². The van der Waals surface area contributed by atoms with Gasteiger partial charge in [-0.3, -0.25) is 9.78 Å². The van der Waals surface area contributed by atoms with Crippen molar-refractivity contribution in [3.8, 4) is 34.5 Å². The molecule has 10 aromatic heterocycles. The number of nitrogens with two attached hydrogens (primary N) is 1. The fraction of sp³-hybridized carbons (Fsp3) is 0.365. The van der Waals surface area contributed by atoms with Gasteiger partial charge in [0.15, 0.2) is 28.1 Å². The maximum absolute atomic E-state index is 11.1. The molecule has 112 heavy (non-hydrogen) atoms. The van der Waals surface area contributed by atoms with Crippen molar-refractivity contribution in [2.75, 3.05) is 102 Å². The van der Waals surface area contributed by atoms with Gasteiger partial charge in [0.05, 0.1) is 120 Å². The van der Waals surface area contributed by atoms with Crippen LogP contribution in [0.2, 0.25) is 20.5 Å². The van der Waals surface area contributed by atoms with E-state index in [0.29, 0.717) is 125 Å². The largest absolute Gasteiger partial charge is 1.00 e. The molecule has 0 aliphatic carbocycles. The van der Waals surface area contributed by atoms with Gasteiger partial charge in [-0.05, 0) is 79.4 Å². The summed E-state index contributed by atoms with van der Waals surface area (Å²) in [6, 6.07) is 21.2. The first-order chi connectivity index (χ1) is 53.8.